The van der Waals surface area contributed by atoms with E-state index in [0.717, 1.165) is 25.3 Å². The Bertz CT molecular complexity index is 293. The molecule has 0 aromatic rings. The number of rotatable bonds is 5. The molecule has 0 atom stereocenters. The van der Waals surface area contributed by atoms with Crippen LogP contribution in [0.25, 0.3) is 0 Å². The topological polar surface area (TPSA) is 49.4 Å². The molecule has 1 heterocycles. The summed E-state index contributed by atoms with van der Waals surface area (Å²) in [5, 5.41) is 3.50. The second-order valence-corrected chi connectivity index (χ2v) is 7.06. The van der Waals surface area contributed by atoms with E-state index in [1.807, 2.05) is 0 Å². The zero-order chi connectivity index (χ0) is 12.2. The molecule has 1 rings (SSSR count). The Morgan fingerprint density at radius 1 is 1.31 bits per heavy atom. The fraction of sp³-hybridized carbons (Fsp3) is 1.00. The van der Waals surface area contributed by atoms with Gasteiger partial charge in [-0.05, 0) is 31.7 Å². The molecule has 1 fully saturated rings. The quantitative estimate of drug-likeness (QED) is 0.791. The van der Waals surface area contributed by atoms with Crippen molar-refractivity contribution in [2.45, 2.75) is 39.2 Å². The van der Waals surface area contributed by atoms with Crippen LogP contribution in [0.2, 0.25) is 0 Å². The van der Waals surface area contributed by atoms with E-state index in [1.54, 1.807) is 4.31 Å². The maximum absolute atomic E-state index is 11.3. The van der Waals surface area contributed by atoms with Crippen molar-refractivity contribution in [2.75, 3.05) is 25.9 Å². The number of sulfonamides is 1. The minimum Gasteiger partial charge on any atom is -0.314 e. The lowest BCUT2D eigenvalue weighted by Crippen LogP contribution is -2.44. The predicted octanol–water partition coefficient (Wildman–Crippen LogP) is 1.05. The Labute approximate surface area is 99.5 Å². The van der Waals surface area contributed by atoms with Gasteiger partial charge in [0.15, 0.2) is 0 Å². The average molecular weight is 248 g/mol. The monoisotopic (exact) mass is 248 g/mol. The molecule has 0 aliphatic carbocycles. The van der Waals surface area contributed by atoms with Crippen LogP contribution in [0, 0.1) is 5.92 Å². The lowest BCUT2D eigenvalue weighted by atomic mass is 10.1. The second-order valence-electron chi connectivity index (χ2n) is 5.07. The van der Waals surface area contributed by atoms with Crippen LogP contribution >= 0.6 is 0 Å². The van der Waals surface area contributed by atoms with Crippen molar-refractivity contribution in [1.82, 2.24) is 9.62 Å². The number of nitrogens with zero attached hydrogens (tertiary/aromatic N) is 1. The fourth-order valence-electron chi connectivity index (χ4n) is 1.97. The SMILES string of the molecule is CC(C)CCNC1CCN(S(C)(=O)=O)CC1. The van der Waals surface area contributed by atoms with Gasteiger partial charge in [-0.2, -0.15) is 0 Å². The van der Waals surface area contributed by atoms with Gasteiger partial charge in [-0.1, -0.05) is 13.8 Å². The number of hydrogen-bond acceptors (Lipinski definition) is 3. The molecule has 4 nitrogen and oxygen atoms in total. The van der Waals surface area contributed by atoms with E-state index < -0.39 is 10.0 Å². The van der Waals surface area contributed by atoms with E-state index in [9.17, 15) is 8.42 Å². The highest BCUT2D eigenvalue weighted by atomic mass is 32.2. The maximum atomic E-state index is 11.3. The van der Waals surface area contributed by atoms with Crippen LogP contribution in [-0.4, -0.2) is 44.7 Å². The van der Waals surface area contributed by atoms with Gasteiger partial charge < -0.3 is 5.32 Å². The number of piperidine rings is 1. The summed E-state index contributed by atoms with van der Waals surface area (Å²) in [4.78, 5) is 0. The van der Waals surface area contributed by atoms with Gasteiger partial charge in [0.2, 0.25) is 10.0 Å². The smallest absolute Gasteiger partial charge is 0.211 e. The van der Waals surface area contributed by atoms with Crippen molar-refractivity contribution in [3.05, 3.63) is 0 Å². The minimum absolute atomic E-state index is 0.497. The molecule has 1 aliphatic heterocycles. The van der Waals surface area contributed by atoms with Gasteiger partial charge in [0.05, 0.1) is 6.26 Å². The summed E-state index contributed by atoms with van der Waals surface area (Å²) in [5.74, 6) is 0.726. The van der Waals surface area contributed by atoms with E-state index in [1.165, 1.54) is 12.7 Å². The highest BCUT2D eigenvalue weighted by molar-refractivity contribution is 7.88. The summed E-state index contributed by atoms with van der Waals surface area (Å²) in [7, 11) is -2.98. The van der Waals surface area contributed by atoms with Crippen LogP contribution in [0.5, 0.6) is 0 Å². The average Bonchev–Trinajstić information content (AvgIpc) is 2.16. The first-order valence-electron chi connectivity index (χ1n) is 6.08. The van der Waals surface area contributed by atoms with Crippen LogP contribution in [0.15, 0.2) is 0 Å². The van der Waals surface area contributed by atoms with Crippen molar-refractivity contribution in [1.29, 1.82) is 0 Å². The van der Waals surface area contributed by atoms with Crippen LogP contribution in [0.1, 0.15) is 33.1 Å². The van der Waals surface area contributed by atoms with Gasteiger partial charge in [0.25, 0.3) is 0 Å². The molecular weight excluding hydrogens is 224 g/mol. The highest BCUT2D eigenvalue weighted by Gasteiger charge is 2.24. The zero-order valence-corrected chi connectivity index (χ0v) is 11.4. The van der Waals surface area contributed by atoms with Crippen LogP contribution in [0.4, 0.5) is 0 Å². The Kier molecular flexibility index (Phi) is 5.21. The summed E-state index contributed by atoms with van der Waals surface area (Å²) in [5.41, 5.74) is 0. The fourth-order valence-corrected chi connectivity index (χ4v) is 2.84. The molecule has 1 N–H and O–H groups in total. The van der Waals surface area contributed by atoms with E-state index in [0.29, 0.717) is 19.1 Å². The van der Waals surface area contributed by atoms with Gasteiger partial charge in [-0.3, -0.25) is 0 Å². The van der Waals surface area contributed by atoms with E-state index in [4.69, 9.17) is 0 Å². The number of nitrogens with one attached hydrogen (secondary N) is 1. The molecule has 0 amide bonds. The van der Waals surface area contributed by atoms with Gasteiger partial charge in [0, 0.05) is 19.1 Å². The zero-order valence-electron chi connectivity index (χ0n) is 10.6. The first kappa shape index (κ1) is 13.9. The van der Waals surface area contributed by atoms with Gasteiger partial charge in [-0.15, -0.1) is 0 Å². The van der Waals surface area contributed by atoms with Crippen molar-refractivity contribution >= 4 is 10.0 Å². The van der Waals surface area contributed by atoms with Crippen LogP contribution in [-0.2, 0) is 10.0 Å². The van der Waals surface area contributed by atoms with Gasteiger partial charge >= 0.3 is 0 Å². The number of hydrogen-bond donors (Lipinski definition) is 1. The summed E-state index contributed by atoms with van der Waals surface area (Å²) >= 11 is 0. The lowest BCUT2D eigenvalue weighted by molar-refractivity contribution is 0.288. The molecule has 16 heavy (non-hydrogen) atoms. The van der Waals surface area contributed by atoms with E-state index in [-0.39, 0.29) is 0 Å². The summed E-state index contributed by atoms with van der Waals surface area (Å²) in [6.07, 6.45) is 4.35. The third-order valence-electron chi connectivity index (χ3n) is 3.08. The molecule has 1 aliphatic rings. The largest absolute Gasteiger partial charge is 0.314 e. The molecular formula is C11H24N2O2S. The Balaban J connectivity index is 2.22. The molecule has 0 aromatic heterocycles. The highest BCUT2D eigenvalue weighted by Crippen LogP contribution is 2.13. The lowest BCUT2D eigenvalue weighted by Gasteiger charge is -2.30. The Morgan fingerprint density at radius 3 is 2.31 bits per heavy atom. The third kappa shape index (κ3) is 4.80. The summed E-state index contributed by atoms with van der Waals surface area (Å²) in [6.45, 7) is 6.81. The first-order valence-corrected chi connectivity index (χ1v) is 7.93. The van der Waals surface area contributed by atoms with E-state index >= 15 is 0 Å². The van der Waals surface area contributed by atoms with Crippen molar-refractivity contribution in [3.8, 4) is 0 Å². The Hall–Kier alpha value is -0.130. The van der Waals surface area contributed by atoms with Crippen molar-refractivity contribution in [2.24, 2.45) is 5.92 Å². The third-order valence-corrected chi connectivity index (χ3v) is 4.38. The van der Waals surface area contributed by atoms with Crippen LogP contribution in [0.3, 0.4) is 0 Å². The minimum atomic E-state index is -2.98. The molecule has 0 radical (unpaired) electrons. The predicted molar refractivity (Wildman–Crippen MR) is 66.9 cm³/mol. The van der Waals surface area contributed by atoms with Crippen molar-refractivity contribution < 1.29 is 8.42 Å². The normalized spacial score (nSPS) is 20.5. The Morgan fingerprint density at radius 2 is 1.88 bits per heavy atom. The molecule has 0 aromatic carbocycles. The molecule has 0 unspecified atom stereocenters. The maximum Gasteiger partial charge on any atom is 0.211 e. The standard InChI is InChI=1S/C11H24N2O2S/c1-10(2)4-7-12-11-5-8-13(9-6-11)16(3,14)15/h10-12H,4-9H2,1-3H3. The second kappa shape index (κ2) is 5.98. The molecule has 1 saturated heterocycles. The van der Waals surface area contributed by atoms with Gasteiger partial charge in [0.1, 0.15) is 0 Å². The molecule has 5 heteroatoms. The van der Waals surface area contributed by atoms with Crippen molar-refractivity contribution in [3.63, 3.8) is 0 Å². The summed E-state index contributed by atoms with van der Waals surface area (Å²) < 4.78 is 24.2. The van der Waals surface area contributed by atoms with Gasteiger partial charge in [-0.25, -0.2) is 12.7 Å². The van der Waals surface area contributed by atoms with E-state index in [2.05, 4.69) is 19.2 Å². The molecule has 96 valence electrons. The van der Waals surface area contributed by atoms with Crippen LogP contribution < -0.4 is 5.32 Å². The summed E-state index contributed by atoms with van der Waals surface area (Å²) in [6, 6.07) is 0.497. The molecule has 0 spiro atoms. The molecule has 0 saturated carbocycles. The first-order chi connectivity index (χ1) is 7.39. The molecule has 0 bridgehead atoms.